The highest BCUT2D eigenvalue weighted by molar-refractivity contribution is 6.30. The van der Waals surface area contributed by atoms with Crippen LogP contribution < -0.4 is 9.47 Å². The van der Waals surface area contributed by atoms with Gasteiger partial charge in [0.15, 0.2) is 11.6 Å². The van der Waals surface area contributed by atoms with Crippen LogP contribution in [0, 0.1) is 11.6 Å². The molecule has 2 aliphatic heterocycles. The molecule has 44 heavy (non-hydrogen) atoms. The first-order valence-corrected chi connectivity index (χ1v) is 15.0. The second-order valence-corrected chi connectivity index (χ2v) is 10.8. The predicted octanol–water partition coefficient (Wildman–Crippen LogP) is 5.89. The Bertz CT molecular complexity index is 1610. The van der Waals surface area contributed by atoms with Crippen LogP contribution in [0.2, 0.25) is 5.02 Å². The molecule has 0 aliphatic carbocycles. The monoisotopic (exact) mass is 629 g/mol. The lowest BCUT2D eigenvalue weighted by molar-refractivity contribution is -0.0592. The molecular weight excluding hydrogens is 596 g/mol. The van der Waals surface area contributed by atoms with Gasteiger partial charge in [0.1, 0.15) is 29.8 Å². The number of aromatic nitrogens is 4. The van der Waals surface area contributed by atoms with Crippen molar-refractivity contribution in [2.45, 2.75) is 65.0 Å². The van der Waals surface area contributed by atoms with Crippen molar-refractivity contribution >= 4 is 28.6 Å². The lowest BCUT2D eigenvalue weighted by atomic mass is 10.1. The van der Waals surface area contributed by atoms with Crippen LogP contribution in [0.25, 0.3) is 11.0 Å². The third-order valence-corrected chi connectivity index (χ3v) is 7.64. The van der Waals surface area contributed by atoms with Crippen molar-refractivity contribution in [1.82, 2.24) is 24.4 Å². The predicted molar refractivity (Wildman–Crippen MR) is 159 cm³/mol. The summed E-state index contributed by atoms with van der Waals surface area (Å²) in [7, 11) is 0. The number of hydrogen-bond acceptors (Lipinski definition) is 8. The van der Waals surface area contributed by atoms with Gasteiger partial charge in [-0.15, -0.1) is 0 Å². The fraction of sp³-hybridized carbons (Fsp3) is 0.419. The fourth-order valence-electron chi connectivity index (χ4n) is 5.15. The van der Waals surface area contributed by atoms with Gasteiger partial charge in [-0.25, -0.2) is 23.5 Å². The second-order valence-electron chi connectivity index (χ2n) is 10.4. The largest absolute Gasteiger partial charge is 0.490 e. The highest BCUT2D eigenvalue weighted by atomic mass is 35.5. The molecule has 13 heteroatoms. The first-order chi connectivity index (χ1) is 21.3. The topological polar surface area (TPSA) is 112 Å². The zero-order chi connectivity index (χ0) is 31.2. The Morgan fingerprint density at radius 3 is 2.57 bits per heavy atom. The van der Waals surface area contributed by atoms with Crippen LogP contribution in [0.4, 0.5) is 8.78 Å². The van der Waals surface area contributed by atoms with Gasteiger partial charge < -0.3 is 23.9 Å². The summed E-state index contributed by atoms with van der Waals surface area (Å²) in [5.74, 6) is -1.33. The van der Waals surface area contributed by atoms with E-state index < -0.39 is 17.6 Å². The van der Waals surface area contributed by atoms with Crippen LogP contribution in [0.5, 0.6) is 11.6 Å². The van der Waals surface area contributed by atoms with Crippen molar-refractivity contribution in [2.24, 2.45) is 0 Å². The summed E-state index contributed by atoms with van der Waals surface area (Å²) >= 11 is 5.74. The van der Waals surface area contributed by atoms with Crippen LogP contribution in [-0.2, 0) is 24.4 Å². The minimum Gasteiger partial charge on any atom is -0.490 e. The van der Waals surface area contributed by atoms with Gasteiger partial charge in [0.2, 0.25) is 0 Å². The van der Waals surface area contributed by atoms with Gasteiger partial charge in [0, 0.05) is 38.2 Å². The normalized spacial score (nSPS) is 17.1. The molecule has 0 amide bonds. The molecule has 1 aromatic carbocycles. The van der Waals surface area contributed by atoms with Gasteiger partial charge >= 0.3 is 5.97 Å². The molecule has 234 valence electrons. The molecule has 2 aliphatic rings. The van der Waals surface area contributed by atoms with E-state index in [1.165, 1.54) is 12.3 Å². The van der Waals surface area contributed by atoms with Crippen LogP contribution >= 0.6 is 11.6 Å². The third kappa shape index (κ3) is 7.43. The smallest absolute Gasteiger partial charge is 0.335 e. The standard InChI is InChI=1S/C29H28ClF2N5O5.C2H6/c30-18-11-24(32)28(34-13-18)41-16-19-12-21(1-5-33-19)42-20-2-6-36(7-3-20)15-26-35-27-23(31)9-17(29(38)39)10-25(27)37(26)14-22-4-8-40-22;1-2/h1,5,9-13,20,22H,2-4,6-8,14-16H2,(H,38,39);1-2H3. The van der Waals surface area contributed by atoms with E-state index in [2.05, 4.69) is 19.9 Å². The minimum absolute atomic E-state index is 0.00559. The van der Waals surface area contributed by atoms with Gasteiger partial charge in [-0.05, 0) is 43.5 Å². The number of imidazole rings is 1. The van der Waals surface area contributed by atoms with E-state index in [-0.39, 0.29) is 40.8 Å². The maximum absolute atomic E-state index is 14.8. The van der Waals surface area contributed by atoms with Crippen molar-refractivity contribution in [3.63, 3.8) is 0 Å². The van der Waals surface area contributed by atoms with E-state index in [9.17, 15) is 18.7 Å². The molecule has 0 bridgehead atoms. The summed E-state index contributed by atoms with van der Waals surface area (Å²) in [6.07, 6.45) is 5.31. The highest BCUT2D eigenvalue weighted by Crippen LogP contribution is 2.27. The van der Waals surface area contributed by atoms with Gasteiger partial charge in [-0.2, -0.15) is 0 Å². The molecule has 4 aromatic rings. The Balaban J connectivity index is 0.00000188. The molecule has 2 fully saturated rings. The molecule has 10 nitrogen and oxygen atoms in total. The average Bonchev–Trinajstić information content (AvgIpc) is 3.34. The van der Waals surface area contributed by atoms with Crippen LogP contribution in [0.3, 0.4) is 0 Å². The van der Waals surface area contributed by atoms with E-state index in [1.807, 2.05) is 18.4 Å². The lowest BCUT2D eigenvalue weighted by Crippen LogP contribution is -2.39. The maximum atomic E-state index is 14.8. The summed E-state index contributed by atoms with van der Waals surface area (Å²) in [5, 5.41) is 9.62. The van der Waals surface area contributed by atoms with E-state index in [4.69, 9.17) is 25.8 Å². The number of carbonyl (C=O) groups is 1. The van der Waals surface area contributed by atoms with E-state index >= 15 is 0 Å². The molecule has 0 spiro atoms. The number of pyridine rings is 2. The second kappa shape index (κ2) is 14.3. The zero-order valence-corrected chi connectivity index (χ0v) is 25.3. The van der Waals surface area contributed by atoms with Crippen molar-refractivity contribution in [3.8, 4) is 11.6 Å². The summed E-state index contributed by atoms with van der Waals surface area (Å²) in [4.78, 5) is 26.5. The van der Waals surface area contributed by atoms with E-state index in [0.717, 1.165) is 44.5 Å². The van der Waals surface area contributed by atoms with Gasteiger partial charge in [-0.1, -0.05) is 25.4 Å². The number of ether oxygens (including phenoxy) is 3. The number of fused-ring (bicyclic) bond motifs is 1. The third-order valence-electron chi connectivity index (χ3n) is 7.43. The first-order valence-electron chi connectivity index (χ1n) is 14.6. The number of nitrogens with zero attached hydrogens (tertiary/aromatic N) is 5. The molecule has 3 aromatic heterocycles. The molecule has 1 unspecified atom stereocenters. The summed E-state index contributed by atoms with van der Waals surface area (Å²) in [6.45, 7) is 7.14. The maximum Gasteiger partial charge on any atom is 0.335 e. The van der Waals surface area contributed by atoms with Crippen LogP contribution in [0.15, 0.2) is 42.7 Å². The van der Waals surface area contributed by atoms with E-state index in [1.54, 1.807) is 18.3 Å². The number of halogens is 3. The Morgan fingerprint density at radius 1 is 1.11 bits per heavy atom. The Hall–Kier alpha value is -3.87. The Kier molecular flexibility index (Phi) is 10.2. The SMILES string of the molecule is CC.O=C(O)c1cc(F)c2nc(CN3CCC(Oc4ccnc(COc5ncc(Cl)cc5F)c4)CC3)n(CC3CCO3)c2c1. The first kappa shape index (κ1) is 31.6. The van der Waals surface area contributed by atoms with Crippen molar-refractivity contribution in [3.05, 3.63) is 76.5 Å². The lowest BCUT2D eigenvalue weighted by Gasteiger charge is -2.32. The summed E-state index contributed by atoms with van der Waals surface area (Å²) < 4.78 is 47.9. The molecule has 5 heterocycles. The van der Waals surface area contributed by atoms with Gasteiger partial charge in [0.05, 0.1) is 41.0 Å². The summed E-state index contributed by atoms with van der Waals surface area (Å²) in [6, 6.07) is 7.15. The highest BCUT2D eigenvalue weighted by Gasteiger charge is 2.27. The number of benzene rings is 1. The number of carboxylic acids is 1. The zero-order valence-electron chi connectivity index (χ0n) is 24.5. The quantitative estimate of drug-likeness (QED) is 0.229. The van der Waals surface area contributed by atoms with Crippen molar-refractivity contribution < 1.29 is 32.9 Å². The summed E-state index contributed by atoms with van der Waals surface area (Å²) in [5.41, 5.74) is 1.08. The molecule has 1 atom stereocenters. The van der Waals surface area contributed by atoms with E-state index in [0.29, 0.717) is 42.5 Å². The molecular formula is C31H34ClF2N5O5. The van der Waals surface area contributed by atoms with Crippen molar-refractivity contribution in [2.75, 3.05) is 19.7 Å². The van der Waals surface area contributed by atoms with Gasteiger partial charge in [0.25, 0.3) is 5.88 Å². The average molecular weight is 630 g/mol. The molecule has 1 N–H and O–H groups in total. The number of rotatable bonds is 10. The molecule has 0 saturated carbocycles. The Labute approximate surface area is 258 Å². The van der Waals surface area contributed by atoms with Crippen molar-refractivity contribution in [1.29, 1.82) is 0 Å². The number of carboxylic acid groups (broad SMARTS) is 1. The molecule has 2 saturated heterocycles. The minimum atomic E-state index is -1.19. The number of aromatic carboxylic acids is 1. The van der Waals surface area contributed by atoms with Crippen LogP contribution in [0.1, 0.15) is 55.0 Å². The van der Waals surface area contributed by atoms with Crippen LogP contribution in [-0.4, -0.2) is 67.4 Å². The number of hydrogen-bond donors (Lipinski definition) is 1. The fourth-order valence-corrected chi connectivity index (χ4v) is 5.29. The number of piperidine rings is 1. The Morgan fingerprint density at radius 2 is 1.89 bits per heavy atom. The van der Waals surface area contributed by atoms with Gasteiger partial charge in [-0.3, -0.25) is 9.88 Å². The number of likely N-dealkylation sites (tertiary alicyclic amines) is 1. The molecule has 6 rings (SSSR count). The molecule has 0 radical (unpaired) electrons.